The van der Waals surface area contributed by atoms with Gasteiger partial charge >= 0.3 is 5.97 Å². The fourth-order valence-electron chi connectivity index (χ4n) is 3.58. The van der Waals surface area contributed by atoms with Crippen LogP contribution in [0.4, 0.5) is 0 Å². The summed E-state index contributed by atoms with van der Waals surface area (Å²) in [4.78, 5) is 20.3. The zero-order valence-electron chi connectivity index (χ0n) is 12.9. The van der Waals surface area contributed by atoms with Crippen LogP contribution in [-0.2, 0) is 9.53 Å². The maximum atomic E-state index is 12.2. The molecule has 1 unspecified atom stereocenters. The molecule has 1 fully saturated rings. The van der Waals surface area contributed by atoms with Crippen molar-refractivity contribution in [3.05, 3.63) is 29.1 Å². The van der Waals surface area contributed by atoms with E-state index in [2.05, 4.69) is 31.0 Å². The van der Waals surface area contributed by atoms with Gasteiger partial charge in [0.25, 0.3) is 0 Å². The van der Waals surface area contributed by atoms with Gasteiger partial charge in [0.15, 0.2) is 0 Å². The molecule has 1 aliphatic rings. The fraction of sp³-hybridized carbons (Fsp3) is 0.529. The zero-order chi connectivity index (χ0) is 15.0. The van der Waals surface area contributed by atoms with Gasteiger partial charge in [-0.1, -0.05) is 18.9 Å². The number of ether oxygens (including phenoxy) is 1. The molecule has 1 N–H and O–H groups in total. The minimum absolute atomic E-state index is 0.171. The lowest BCUT2D eigenvalue weighted by Gasteiger charge is -2.18. The lowest BCUT2D eigenvalue weighted by molar-refractivity contribution is -0.144. The van der Waals surface area contributed by atoms with Gasteiger partial charge in [0.05, 0.1) is 18.1 Å². The number of benzene rings is 1. The lowest BCUT2D eigenvalue weighted by atomic mass is 9.90. The molecule has 1 aromatic carbocycles. The number of aromatic nitrogens is 2. The molecule has 0 saturated heterocycles. The van der Waals surface area contributed by atoms with E-state index in [0.29, 0.717) is 5.92 Å². The van der Waals surface area contributed by atoms with Gasteiger partial charge < -0.3 is 9.72 Å². The second-order valence-electron chi connectivity index (χ2n) is 6.15. The van der Waals surface area contributed by atoms with Gasteiger partial charge in [0.2, 0.25) is 0 Å². The summed E-state index contributed by atoms with van der Waals surface area (Å²) in [5.74, 6) is 0.678. The molecule has 1 heterocycles. The summed E-state index contributed by atoms with van der Waals surface area (Å²) >= 11 is 0. The van der Waals surface area contributed by atoms with E-state index >= 15 is 0 Å². The molecule has 0 amide bonds. The van der Waals surface area contributed by atoms with Crippen molar-refractivity contribution in [2.45, 2.75) is 45.4 Å². The van der Waals surface area contributed by atoms with Crippen LogP contribution in [0.25, 0.3) is 11.0 Å². The first-order chi connectivity index (χ1) is 10.1. The van der Waals surface area contributed by atoms with E-state index in [1.807, 2.05) is 0 Å². The monoisotopic (exact) mass is 286 g/mol. The third kappa shape index (κ3) is 2.55. The van der Waals surface area contributed by atoms with Crippen LogP contribution >= 0.6 is 0 Å². The Morgan fingerprint density at radius 3 is 2.71 bits per heavy atom. The summed E-state index contributed by atoms with van der Waals surface area (Å²) in [6.45, 7) is 4.13. The van der Waals surface area contributed by atoms with E-state index in [1.54, 1.807) is 0 Å². The number of imidazole rings is 1. The topological polar surface area (TPSA) is 55.0 Å². The number of aryl methyl sites for hydroxylation is 2. The number of nitrogens with one attached hydrogen (secondary N) is 1. The zero-order valence-corrected chi connectivity index (χ0v) is 12.9. The van der Waals surface area contributed by atoms with Crippen molar-refractivity contribution >= 4 is 17.0 Å². The van der Waals surface area contributed by atoms with Gasteiger partial charge in [-0.15, -0.1) is 0 Å². The Hall–Kier alpha value is -1.84. The van der Waals surface area contributed by atoms with Gasteiger partial charge in [-0.05, 0) is 49.8 Å². The molecule has 1 saturated carbocycles. The number of fused-ring (bicyclic) bond motifs is 1. The highest BCUT2D eigenvalue weighted by Crippen LogP contribution is 2.37. The number of hydrogen-bond acceptors (Lipinski definition) is 3. The van der Waals surface area contributed by atoms with Crippen LogP contribution in [-0.4, -0.2) is 23.0 Å². The normalized spacial score (nSPS) is 17.3. The molecular formula is C17H22N2O2. The van der Waals surface area contributed by atoms with Crippen molar-refractivity contribution in [2.24, 2.45) is 5.92 Å². The van der Waals surface area contributed by atoms with Crippen LogP contribution in [0.15, 0.2) is 12.1 Å². The number of hydrogen-bond donors (Lipinski definition) is 1. The fourth-order valence-corrected chi connectivity index (χ4v) is 3.58. The summed E-state index contributed by atoms with van der Waals surface area (Å²) in [5.41, 5.74) is 4.31. The minimum Gasteiger partial charge on any atom is -0.468 e. The third-order valence-corrected chi connectivity index (χ3v) is 4.56. The lowest BCUT2D eigenvalue weighted by Crippen LogP contribution is -2.22. The molecule has 0 radical (unpaired) electrons. The number of nitrogens with zero attached hydrogens (tertiary/aromatic N) is 1. The maximum Gasteiger partial charge on any atom is 0.316 e. The number of carbonyl (C=O) groups excluding carboxylic acids is 1. The van der Waals surface area contributed by atoms with Crippen molar-refractivity contribution in [1.29, 1.82) is 0 Å². The van der Waals surface area contributed by atoms with Crippen molar-refractivity contribution in [2.75, 3.05) is 7.11 Å². The minimum atomic E-state index is -0.260. The Bertz CT molecular complexity index is 669. The predicted molar refractivity (Wildman–Crippen MR) is 82.3 cm³/mol. The van der Waals surface area contributed by atoms with Crippen LogP contribution in [0.1, 0.15) is 48.6 Å². The van der Waals surface area contributed by atoms with Gasteiger partial charge in [0, 0.05) is 0 Å². The third-order valence-electron chi connectivity index (χ3n) is 4.56. The number of methoxy groups -OCH3 is 1. The van der Waals surface area contributed by atoms with Gasteiger partial charge in [-0.25, -0.2) is 4.98 Å². The van der Waals surface area contributed by atoms with E-state index in [9.17, 15) is 4.79 Å². The highest BCUT2D eigenvalue weighted by Gasteiger charge is 2.35. The highest BCUT2D eigenvalue weighted by atomic mass is 16.5. The average molecular weight is 286 g/mol. The number of H-pyrrole nitrogens is 1. The standard InChI is InChI=1S/C17H22N2O2/c1-10-8-11(2)15-13(9-10)18-16(19-15)14(17(20)21-3)12-6-4-5-7-12/h8-9,12,14H,4-7H2,1-3H3,(H,18,19). The van der Waals surface area contributed by atoms with E-state index in [4.69, 9.17) is 9.72 Å². The number of aromatic amines is 1. The number of rotatable bonds is 3. The van der Waals surface area contributed by atoms with Gasteiger partial charge in [-0.3, -0.25) is 4.79 Å². The first kappa shape index (κ1) is 14.1. The second kappa shape index (κ2) is 5.51. The molecule has 1 aromatic heterocycles. The molecule has 112 valence electrons. The molecule has 0 spiro atoms. The van der Waals surface area contributed by atoms with Gasteiger partial charge in [-0.2, -0.15) is 0 Å². The quantitative estimate of drug-likeness (QED) is 0.877. The first-order valence-electron chi connectivity index (χ1n) is 7.65. The van der Waals surface area contributed by atoms with Crippen LogP contribution in [0.3, 0.4) is 0 Å². The Labute approximate surface area is 124 Å². The molecule has 21 heavy (non-hydrogen) atoms. The van der Waals surface area contributed by atoms with E-state index in [1.165, 1.54) is 25.5 Å². The van der Waals surface area contributed by atoms with Crippen LogP contribution in [0, 0.1) is 19.8 Å². The Balaban J connectivity index is 2.06. The molecular weight excluding hydrogens is 264 g/mol. The van der Waals surface area contributed by atoms with Crippen LogP contribution < -0.4 is 0 Å². The Kier molecular flexibility index (Phi) is 3.70. The maximum absolute atomic E-state index is 12.2. The number of carbonyl (C=O) groups is 1. The Morgan fingerprint density at radius 1 is 1.33 bits per heavy atom. The molecule has 1 aliphatic carbocycles. The summed E-state index contributed by atoms with van der Waals surface area (Å²) in [6.07, 6.45) is 4.54. The van der Waals surface area contributed by atoms with Crippen molar-refractivity contribution in [3.63, 3.8) is 0 Å². The SMILES string of the molecule is COC(=O)C(c1nc2c(C)cc(C)cc2[nH]1)C1CCCC1. The molecule has 3 rings (SSSR count). The average Bonchev–Trinajstić information content (AvgIpc) is 3.08. The van der Waals surface area contributed by atoms with Crippen molar-refractivity contribution < 1.29 is 9.53 Å². The molecule has 4 nitrogen and oxygen atoms in total. The largest absolute Gasteiger partial charge is 0.468 e. The van der Waals surface area contributed by atoms with E-state index in [0.717, 1.165) is 35.3 Å². The summed E-state index contributed by atoms with van der Waals surface area (Å²) in [7, 11) is 1.46. The molecule has 0 aliphatic heterocycles. The Morgan fingerprint density at radius 2 is 2.05 bits per heavy atom. The second-order valence-corrected chi connectivity index (χ2v) is 6.15. The molecule has 1 atom stereocenters. The van der Waals surface area contributed by atoms with Crippen molar-refractivity contribution in [1.82, 2.24) is 9.97 Å². The van der Waals surface area contributed by atoms with Gasteiger partial charge in [0.1, 0.15) is 11.7 Å². The smallest absolute Gasteiger partial charge is 0.316 e. The van der Waals surface area contributed by atoms with E-state index < -0.39 is 0 Å². The first-order valence-corrected chi connectivity index (χ1v) is 7.65. The molecule has 0 bridgehead atoms. The summed E-state index contributed by atoms with van der Waals surface area (Å²) in [6, 6.07) is 4.21. The summed E-state index contributed by atoms with van der Waals surface area (Å²) < 4.78 is 5.03. The van der Waals surface area contributed by atoms with E-state index in [-0.39, 0.29) is 11.9 Å². The highest BCUT2D eigenvalue weighted by molar-refractivity contribution is 5.83. The molecule has 2 aromatic rings. The predicted octanol–water partition coefficient (Wildman–Crippen LogP) is 3.63. The number of esters is 1. The van der Waals surface area contributed by atoms with Crippen LogP contribution in [0.2, 0.25) is 0 Å². The summed E-state index contributed by atoms with van der Waals surface area (Å²) in [5, 5.41) is 0. The molecule has 4 heteroatoms. The van der Waals surface area contributed by atoms with Crippen molar-refractivity contribution in [3.8, 4) is 0 Å². The van der Waals surface area contributed by atoms with Crippen LogP contribution in [0.5, 0.6) is 0 Å².